The van der Waals surface area contributed by atoms with Crippen LogP contribution in [0.1, 0.15) is 46.5 Å². The molecule has 36 heavy (non-hydrogen) atoms. The SMILES string of the molecule is COc1ccc2c(c1)OB([C@H](CC(C)C)NC(=O)CNC(=O)c1cc(C(F)(F)F)ccc1Br)OC2=O. The number of carbonyl (C=O) groups is 3. The Balaban J connectivity index is 1.69. The van der Waals surface area contributed by atoms with E-state index in [9.17, 15) is 27.6 Å². The maximum Gasteiger partial charge on any atom is 0.620 e. The quantitative estimate of drug-likeness (QED) is 0.465. The summed E-state index contributed by atoms with van der Waals surface area (Å²) in [5.74, 6) is -2.14. The minimum atomic E-state index is -4.63. The molecule has 1 aliphatic heterocycles. The van der Waals surface area contributed by atoms with Crippen molar-refractivity contribution in [1.82, 2.24) is 10.6 Å². The van der Waals surface area contributed by atoms with E-state index in [2.05, 4.69) is 26.6 Å². The minimum Gasteiger partial charge on any atom is -0.524 e. The fourth-order valence-corrected chi connectivity index (χ4v) is 3.94. The van der Waals surface area contributed by atoms with Crippen molar-refractivity contribution in [2.24, 2.45) is 5.92 Å². The zero-order chi connectivity index (χ0) is 26.6. The highest BCUT2D eigenvalue weighted by Crippen LogP contribution is 2.32. The van der Waals surface area contributed by atoms with E-state index in [0.29, 0.717) is 18.2 Å². The molecule has 0 saturated heterocycles. The van der Waals surface area contributed by atoms with Crippen molar-refractivity contribution < 1.29 is 41.6 Å². The summed E-state index contributed by atoms with van der Waals surface area (Å²) in [5.41, 5.74) is -1.06. The molecule has 192 valence electrons. The van der Waals surface area contributed by atoms with Gasteiger partial charge in [0.2, 0.25) is 5.91 Å². The summed E-state index contributed by atoms with van der Waals surface area (Å²) in [5, 5.41) is 4.98. The highest BCUT2D eigenvalue weighted by atomic mass is 79.9. The van der Waals surface area contributed by atoms with Gasteiger partial charge in [0.15, 0.2) is 0 Å². The molecule has 8 nitrogen and oxygen atoms in total. The third-order valence-corrected chi connectivity index (χ3v) is 5.91. The Labute approximate surface area is 214 Å². The first-order valence-electron chi connectivity index (χ1n) is 10.9. The standard InChI is InChI=1S/C23H23BBrF3N2O6/c1-12(2)8-19(24-35-18-10-14(34-3)5-6-15(18)22(33)36-24)30-20(31)11-29-21(32)16-9-13(23(26,27)28)4-7-17(16)25/h4-7,9-10,12,19H,8,11H2,1-3H3,(H,29,32)(H,30,31)/t19-/m0/s1. The molecule has 0 unspecified atom stereocenters. The number of rotatable bonds is 8. The molecule has 0 aromatic heterocycles. The van der Waals surface area contributed by atoms with Gasteiger partial charge in [-0.2, -0.15) is 13.2 Å². The monoisotopic (exact) mass is 570 g/mol. The zero-order valence-corrected chi connectivity index (χ0v) is 21.2. The average molecular weight is 571 g/mol. The Morgan fingerprint density at radius 2 is 1.86 bits per heavy atom. The molecule has 0 aliphatic carbocycles. The largest absolute Gasteiger partial charge is 0.620 e. The van der Waals surface area contributed by atoms with Crippen LogP contribution in [0.4, 0.5) is 13.2 Å². The molecule has 3 rings (SSSR count). The van der Waals surface area contributed by atoms with Crippen LogP contribution in [-0.4, -0.2) is 44.5 Å². The van der Waals surface area contributed by atoms with Gasteiger partial charge in [-0.1, -0.05) is 13.8 Å². The van der Waals surface area contributed by atoms with E-state index in [4.69, 9.17) is 14.0 Å². The zero-order valence-electron chi connectivity index (χ0n) is 19.6. The third-order valence-electron chi connectivity index (χ3n) is 5.22. The van der Waals surface area contributed by atoms with Gasteiger partial charge in [-0.15, -0.1) is 0 Å². The lowest BCUT2D eigenvalue weighted by atomic mass is 9.72. The number of nitrogens with one attached hydrogen (secondary N) is 2. The van der Waals surface area contributed by atoms with Gasteiger partial charge in [-0.05, 0) is 58.6 Å². The number of fused-ring (bicyclic) bond motifs is 1. The number of benzene rings is 2. The van der Waals surface area contributed by atoms with Crippen molar-refractivity contribution in [3.05, 3.63) is 57.6 Å². The molecule has 0 radical (unpaired) electrons. The Morgan fingerprint density at radius 3 is 2.50 bits per heavy atom. The number of halogens is 4. The number of hydrogen-bond acceptors (Lipinski definition) is 6. The average Bonchev–Trinajstić information content (AvgIpc) is 2.80. The fourth-order valence-electron chi connectivity index (χ4n) is 3.51. The van der Waals surface area contributed by atoms with Gasteiger partial charge in [0.05, 0.1) is 36.3 Å². The van der Waals surface area contributed by atoms with Crippen LogP contribution in [0, 0.1) is 5.92 Å². The van der Waals surface area contributed by atoms with E-state index < -0.39 is 49.1 Å². The molecule has 0 spiro atoms. The molecule has 2 N–H and O–H groups in total. The molecule has 2 aromatic carbocycles. The summed E-state index contributed by atoms with van der Waals surface area (Å²) in [6.45, 7) is 3.27. The second-order valence-corrected chi connectivity index (χ2v) is 9.29. The maximum atomic E-state index is 13.0. The van der Waals surface area contributed by atoms with Crippen LogP contribution in [0.3, 0.4) is 0 Å². The first-order chi connectivity index (χ1) is 16.9. The number of ether oxygens (including phenoxy) is 1. The van der Waals surface area contributed by atoms with Gasteiger partial charge < -0.3 is 24.7 Å². The lowest BCUT2D eigenvalue weighted by Gasteiger charge is -2.29. The van der Waals surface area contributed by atoms with Crippen LogP contribution in [0.2, 0.25) is 0 Å². The molecule has 0 fully saturated rings. The Hall–Kier alpha value is -3.22. The van der Waals surface area contributed by atoms with E-state index >= 15 is 0 Å². The second-order valence-electron chi connectivity index (χ2n) is 8.43. The molecule has 0 saturated carbocycles. The van der Waals surface area contributed by atoms with Crippen molar-refractivity contribution in [1.29, 1.82) is 0 Å². The maximum absolute atomic E-state index is 13.0. The van der Waals surface area contributed by atoms with Crippen molar-refractivity contribution in [3.63, 3.8) is 0 Å². The number of carbonyl (C=O) groups excluding carboxylic acids is 3. The summed E-state index contributed by atoms with van der Waals surface area (Å²) >= 11 is 3.05. The number of amides is 2. The van der Waals surface area contributed by atoms with E-state index in [1.54, 1.807) is 6.07 Å². The van der Waals surface area contributed by atoms with E-state index in [-0.39, 0.29) is 27.3 Å². The molecule has 0 bridgehead atoms. The summed E-state index contributed by atoms with van der Waals surface area (Å²) in [4.78, 5) is 37.6. The van der Waals surface area contributed by atoms with Crippen LogP contribution in [0.15, 0.2) is 40.9 Å². The van der Waals surface area contributed by atoms with Gasteiger partial charge in [0.25, 0.3) is 5.91 Å². The Morgan fingerprint density at radius 1 is 1.14 bits per heavy atom. The van der Waals surface area contributed by atoms with Gasteiger partial charge >= 0.3 is 19.3 Å². The van der Waals surface area contributed by atoms with Crippen molar-refractivity contribution in [2.75, 3.05) is 13.7 Å². The highest BCUT2D eigenvalue weighted by Gasteiger charge is 2.42. The van der Waals surface area contributed by atoms with Gasteiger partial charge in [-0.25, -0.2) is 4.79 Å². The predicted octanol–water partition coefficient (Wildman–Crippen LogP) is 4.01. The summed E-state index contributed by atoms with van der Waals surface area (Å²) in [6.07, 6.45) is -4.26. The topological polar surface area (TPSA) is 103 Å². The van der Waals surface area contributed by atoms with Crippen molar-refractivity contribution >= 4 is 40.8 Å². The smallest absolute Gasteiger partial charge is 0.524 e. The molecule has 2 aromatic rings. The summed E-state index contributed by atoms with van der Waals surface area (Å²) < 4.78 is 55.5. The molecule has 1 aliphatic rings. The molecule has 1 heterocycles. The van der Waals surface area contributed by atoms with E-state index in [0.717, 1.165) is 12.1 Å². The normalized spacial score (nSPS) is 13.9. The van der Waals surface area contributed by atoms with E-state index in [1.807, 2.05) is 13.8 Å². The number of hydrogen-bond donors (Lipinski definition) is 2. The Bertz CT molecular complexity index is 1160. The molecule has 13 heteroatoms. The molecule has 1 atom stereocenters. The first kappa shape index (κ1) is 27.4. The Kier molecular flexibility index (Phi) is 8.54. The van der Waals surface area contributed by atoms with Gasteiger partial charge in [0.1, 0.15) is 11.5 Å². The van der Waals surface area contributed by atoms with Crippen LogP contribution >= 0.6 is 15.9 Å². The molecule has 2 amide bonds. The third kappa shape index (κ3) is 6.71. The van der Waals surface area contributed by atoms with Crippen molar-refractivity contribution in [3.8, 4) is 11.5 Å². The highest BCUT2D eigenvalue weighted by molar-refractivity contribution is 9.10. The second kappa shape index (κ2) is 11.2. The lowest BCUT2D eigenvalue weighted by molar-refractivity contribution is -0.137. The summed E-state index contributed by atoms with van der Waals surface area (Å²) in [6, 6.07) is 7.26. The summed E-state index contributed by atoms with van der Waals surface area (Å²) in [7, 11) is 0.325. The molecular weight excluding hydrogens is 548 g/mol. The predicted molar refractivity (Wildman–Crippen MR) is 128 cm³/mol. The fraction of sp³-hybridized carbons (Fsp3) is 0.348. The minimum absolute atomic E-state index is 0.0694. The van der Waals surface area contributed by atoms with Crippen LogP contribution in [-0.2, 0) is 15.6 Å². The van der Waals surface area contributed by atoms with Crippen LogP contribution < -0.4 is 20.0 Å². The number of methoxy groups -OCH3 is 1. The molecular formula is C23H23BBrF3N2O6. The number of alkyl halides is 3. The van der Waals surface area contributed by atoms with Gasteiger partial charge in [0, 0.05) is 10.5 Å². The van der Waals surface area contributed by atoms with Crippen LogP contribution in [0.25, 0.3) is 0 Å². The van der Waals surface area contributed by atoms with Gasteiger partial charge in [-0.3, -0.25) is 9.59 Å². The lowest BCUT2D eigenvalue weighted by Crippen LogP contribution is -2.55. The first-order valence-corrected chi connectivity index (χ1v) is 11.7. The van der Waals surface area contributed by atoms with Crippen molar-refractivity contribution in [2.45, 2.75) is 32.4 Å². The van der Waals surface area contributed by atoms with Crippen LogP contribution in [0.5, 0.6) is 11.5 Å². The van der Waals surface area contributed by atoms with E-state index in [1.165, 1.54) is 19.2 Å².